The van der Waals surface area contributed by atoms with Crippen molar-refractivity contribution in [1.29, 1.82) is 0 Å². The molecule has 6 heterocycles. The minimum atomic E-state index is 0.522. The van der Waals surface area contributed by atoms with Gasteiger partial charge in [0.05, 0.1) is 16.6 Å². The average Bonchev–Trinajstić information content (AvgIpc) is 2.52. The highest BCUT2D eigenvalue weighted by molar-refractivity contribution is 6.03. The molecule has 6 aromatic heterocycles. The van der Waals surface area contributed by atoms with Crippen molar-refractivity contribution in [2.45, 2.75) is 58.2 Å². The van der Waals surface area contributed by atoms with E-state index in [1.807, 2.05) is 116 Å². The number of nitrogens with zero attached hydrogens (tertiary/aromatic N) is 6. The highest BCUT2D eigenvalue weighted by Crippen LogP contribution is 2.43. The Kier molecular flexibility index (Phi) is 18.0. The number of ether oxygens (including phenoxy) is 3. The van der Waals surface area contributed by atoms with Crippen LogP contribution < -0.4 is 42.9 Å². The first-order chi connectivity index (χ1) is 41.3. The Bertz CT molecular complexity index is 4080. The van der Waals surface area contributed by atoms with Gasteiger partial charge in [0, 0.05) is 102 Å². The monoisotopic (exact) mass is 1110 g/mol. The molecule has 12 aromatic rings. The zero-order valence-corrected chi connectivity index (χ0v) is 47.1. The van der Waals surface area contributed by atoms with Crippen LogP contribution in [-0.2, 0) is 32.9 Å². The maximum absolute atomic E-state index is 6.23. The van der Waals surface area contributed by atoms with E-state index in [4.69, 9.17) is 42.9 Å². The lowest BCUT2D eigenvalue weighted by Gasteiger charge is -2.36. The fraction of sp³-hybridized carbons (Fsp3) is 0.186. The maximum atomic E-state index is 6.23. The third-order valence-corrected chi connectivity index (χ3v) is 15.4. The number of hydrogen-bond acceptors (Lipinski definition) is 11. The summed E-state index contributed by atoms with van der Waals surface area (Å²) < 4.78 is 24.8. The number of rotatable bonds is 19. The van der Waals surface area contributed by atoms with Crippen molar-refractivity contribution < 1.29 is 14.2 Å². The van der Waals surface area contributed by atoms with E-state index < -0.39 is 0 Å². The number of benzene rings is 6. The first-order valence-corrected chi connectivity index (χ1v) is 28.7. The topological polar surface area (TPSA) is 211 Å². The number of nitrogen functional groups attached to an aromatic ring is 2. The van der Waals surface area contributed by atoms with Crippen molar-refractivity contribution in [3.63, 3.8) is 0 Å². The van der Waals surface area contributed by atoms with Gasteiger partial charge in [-0.3, -0.25) is 4.98 Å². The van der Waals surface area contributed by atoms with Crippen molar-refractivity contribution in [3.05, 3.63) is 242 Å². The van der Waals surface area contributed by atoms with Gasteiger partial charge in [0.2, 0.25) is 0 Å². The number of nitrogens with two attached hydrogens (primary N) is 5. The van der Waals surface area contributed by atoms with Gasteiger partial charge in [-0.15, -0.1) is 0 Å². The van der Waals surface area contributed by atoms with E-state index in [1.54, 1.807) is 12.4 Å². The van der Waals surface area contributed by atoms with E-state index in [9.17, 15) is 0 Å². The molecule has 1 saturated carbocycles. The third kappa shape index (κ3) is 13.1. The van der Waals surface area contributed by atoms with E-state index in [-0.39, 0.29) is 0 Å². The summed E-state index contributed by atoms with van der Waals surface area (Å²) in [4.78, 5) is 12.9. The Balaban J connectivity index is 0.000000132. The quantitative estimate of drug-likeness (QED) is 0.0514. The highest BCUT2D eigenvalue weighted by atomic mass is 16.5. The molecule has 0 radical (unpaired) electrons. The van der Waals surface area contributed by atoms with E-state index in [0.717, 1.165) is 122 Å². The summed E-state index contributed by atoms with van der Waals surface area (Å²) in [6.45, 7) is 5.20. The summed E-state index contributed by atoms with van der Waals surface area (Å²) in [7, 11) is 0. The Morgan fingerprint density at radius 3 is 1.36 bits per heavy atom. The zero-order valence-electron chi connectivity index (χ0n) is 47.1. The summed E-state index contributed by atoms with van der Waals surface area (Å²) >= 11 is 0. The first-order valence-electron chi connectivity index (χ1n) is 28.7. The minimum Gasteiger partial charge on any atom is -0.489 e. The van der Waals surface area contributed by atoms with Crippen LogP contribution in [0.1, 0.15) is 42.0 Å². The van der Waals surface area contributed by atoms with Gasteiger partial charge in [0.1, 0.15) is 48.7 Å². The second-order valence-corrected chi connectivity index (χ2v) is 21.1. The van der Waals surface area contributed by atoms with E-state index >= 15 is 0 Å². The molecule has 14 heteroatoms. The lowest BCUT2D eigenvalue weighted by molar-refractivity contribution is 0.209. The molecular weight excluding hydrogens is 1040 g/mol. The normalized spacial score (nSPS) is 13.6. The second-order valence-electron chi connectivity index (χ2n) is 21.1. The number of anilines is 2. The molecule has 0 amide bonds. The Morgan fingerprint density at radius 2 is 0.905 bits per heavy atom. The summed E-state index contributed by atoms with van der Waals surface area (Å²) in [6.07, 6.45) is 17.0. The number of pyridine rings is 3. The molecule has 1 aliphatic rings. The number of aryl methyl sites for hydroxylation is 1. The zero-order chi connectivity index (χ0) is 57.6. The number of aromatic nitrogens is 6. The molecule has 0 unspecified atom stereocenters. The lowest BCUT2D eigenvalue weighted by Crippen LogP contribution is -2.31. The van der Waals surface area contributed by atoms with Crippen LogP contribution in [0, 0.1) is 5.92 Å². The molecule has 13 rings (SSSR count). The predicted octanol–water partition coefficient (Wildman–Crippen LogP) is 13.2. The van der Waals surface area contributed by atoms with Gasteiger partial charge >= 0.3 is 0 Å². The van der Waals surface area contributed by atoms with Crippen molar-refractivity contribution in [2.75, 3.05) is 31.1 Å². The van der Waals surface area contributed by atoms with Crippen LogP contribution in [0.25, 0.3) is 66.1 Å². The first kappa shape index (κ1) is 56.1. The summed E-state index contributed by atoms with van der Waals surface area (Å²) in [6, 6.07) is 61.6. The molecule has 14 nitrogen and oxygen atoms in total. The molecule has 0 saturated heterocycles. The van der Waals surface area contributed by atoms with Crippen LogP contribution in [0.2, 0.25) is 0 Å². The highest BCUT2D eigenvalue weighted by Gasteiger charge is 2.31. The van der Waals surface area contributed by atoms with Gasteiger partial charge in [0.15, 0.2) is 0 Å². The van der Waals surface area contributed by atoms with Gasteiger partial charge < -0.3 is 56.6 Å². The van der Waals surface area contributed by atoms with Crippen LogP contribution in [0.4, 0.5) is 11.6 Å². The Labute approximate surface area is 490 Å². The SMILES string of the molecule is NCC1CC(n2cc(-c3cccc(OCc4ccccc4)c3)c3cnccc32)C1.NCCCn1cc(-c2cccc(OCc3ccccc3)c2)c2c(N)nccc21.NCCn1cc(-c2cccc(OCc3ccccc3)c2)c2c(N)nccc21. The van der Waals surface area contributed by atoms with Gasteiger partial charge in [-0.05, 0) is 126 Å². The largest absolute Gasteiger partial charge is 0.489 e. The van der Waals surface area contributed by atoms with Crippen LogP contribution in [0.5, 0.6) is 17.2 Å². The molecule has 0 atom stereocenters. The van der Waals surface area contributed by atoms with Crippen molar-refractivity contribution >= 4 is 44.3 Å². The fourth-order valence-electron chi connectivity index (χ4n) is 11.0. The predicted molar refractivity (Wildman–Crippen MR) is 340 cm³/mol. The summed E-state index contributed by atoms with van der Waals surface area (Å²) in [5.74, 6) is 4.23. The fourth-order valence-corrected chi connectivity index (χ4v) is 11.0. The molecule has 6 aromatic carbocycles. The Morgan fingerprint density at radius 1 is 0.452 bits per heavy atom. The van der Waals surface area contributed by atoms with Gasteiger partial charge in [0.25, 0.3) is 0 Å². The number of hydrogen-bond donors (Lipinski definition) is 5. The van der Waals surface area contributed by atoms with E-state index in [0.29, 0.717) is 56.5 Å². The van der Waals surface area contributed by atoms with Crippen molar-refractivity contribution in [2.24, 2.45) is 23.1 Å². The second kappa shape index (κ2) is 26.9. The molecule has 1 fully saturated rings. The van der Waals surface area contributed by atoms with Gasteiger partial charge in [-0.2, -0.15) is 0 Å². The van der Waals surface area contributed by atoms with Crippen LogP contribution in [-0.4, -0.2) is 48.3 Å². The summed E-state index contributed by atoms with van der Waals surface area (Å²) in [5.41, 5.74) is 43.1. The standard InChI is InChI=1S/C25H25N3O.C23H24N4O.C22H22N4O/c26-14-19-11-21(12-19)28-16-24(23-15-27-10-9-25(23)28)20-7-4-8-22(13-20)29-17-18-5-2-1-3-6-18;24-11-5-13-27-15-20(22-21(27)10-12-26-23(22)25)18-8-4-9-19(14-18)28-16-17-6-2-1-3-7-17;23-10-12-26-14-19(21-20(26)9-11-25-22(21)24)17-7-4-8-18(13-17)27-15-16-5-2-1-3-6-16/h1-10,13,15-16,19,21H,11-12,14,17,26H2;1-4,6-10,12,14-15H,5,11,13,16,24H2,(H2,25,26);1-9,11,13-14H,10,12,15,23H2,(H2,24,25). The maximum Gasteiger partial charge on any atom is 0.133 e. The van der Waals surface area contributed by atoms with Crippen molar-refractivity contribution in [3.8, 4) is 50.6 Å². The van der Waals surface area contributed by atoms with Crippen LogP contribution in [0.3, 0.4) is 0 Å². The van der Waals surface area contributed by atoms with Gasteiger partial charge in [-0.1, -0.05) is 127 Å². The van der Waals surface area contributed by atoms with Crippen LogP contribution >= 0.6 is 0 Å². The molecule has 0 spiro atoms. The van der Waals surface area contributed by atoms with E-state index in [1.165, 1.54) is 16.5 Å². The van der Waals surface area contributed by atoms with E-state index in [2.05, 4.69) is 126 Å². The average molecular weight is 1110 g/mol. The van der Waals surface area contributed by atoms with Gasteiger partial charge in [-0.25, -0.2) is 9.97 Å². The number of fused-ring (bicyclic) bond motifs is 3. The van der Waals surface area contributed by atoms with Crippen LogP contribution in [0.15, 0.2) is 225 Å². The van der Waals surface area contributed by atoms with Crippen molar-refractivity contribution in [1.82, 2.24) is 28.7 Å². The minimum absolute atomic E-state index is 0.522. The summed E-state index contributed by atoms with van der Waals surface area (Å²) in [5, 5.41) is 3.11. The lowest BCUT2D eigenvalue weighted by atomic mass is 9.80. The molecule has 0 bridgehead atoms. The smallest absolute Gasteiger partial charge is 0.133 e. The molecule has 424 valence electrons. The third-order valence-electron chi connectivity index (χ3n) is 15.4. The molecule has 84 heavy (non-hydrogen) atoms. The molecular formula is C70H71N11O3. The molecule has 0 aliphatic heterocycles. The Hall–Kier alpha value is -9.73. The molecule has 10 N–H and O–H groups in total. The molecule has 1 aliphatic carbocycles.